The van der Waals surface area contributed by atoms with Crippen LogP contribution in [0.5, 0.6) is 0 Å². The third-order valence-corrected chi connectivity index (χ3v) is 3.75. The first-order valence-corrected chi connectivity index (χ1v) is 7.38. The Bertz CT molecular complexity index is 485. The van der Waals surface area contributed by atoms with Gasteiger partial charge in [0.25, 0.3) is 0 Å². The van der Waals surface area contributed by atoms with Crippen LogP contribution in [0.15, 0.2) is 24.3 Å². The molecule has 1 aliphatic heterocycles. The lowest BCUT2D eigenvalue weighted by Crippen LogP contribution is -2.38. The van der Waals surface area contributed by atoms with Crippen molar-refractivity contribution >= 4 is 5.91 Å². The average molecular weight is 296 g/mol. The third kappa shape index (κ3) is 5.42. The summed E-state index contributed by atoms with van der Waals surface area (Å²) in [5, 5.41) is 2.71. The van der Waals surface area contributed by atoms with Crippen LogP contribution in [0.25, 0.3) is 0 Å². The Hall–Kier alpha value is -1.49. The number of nitrogens with zero attached hydrogens (tertiary/aromatic N) is 1. The van der Waals surface area contributed by atoms with E-state index in [-0.39, 0.29) is 12.3 Å². The second-order valence-corrected chi connectivity index (χ2v) is 5.72. The van der Waals surface area contributed by atoms with E-state index in [0.717, 1.165) is 33.0 Å². The monoisotopic (exact) mass is 296 g/mol. The maximum absolute atomic E-state index is 12.6. The number of carbonyl (C=O) groups is 1. The zero-order valence-electron chi connectivity index (χ0n) is 12.4. The minimum Gasteiger partial charge on any atom is -0.355 e. The van der Waals surface area contributed by atoms with Crippen molar-refractivity contribution in [3.8, 4) is 0 Å². The number of amides is 1. The highest BCUT2D eigenvalue weighted by Gasteiger charge is 2.22. The summed E-state index contributed by atoms with van der Waals surface area (Å²) in [4.78, 5) is 13.7. The van der Waals surface area contributed by atoms with Crippen LogP contribution in [-0.4, -0.2) is 36.4 Å². The van der Waals surface area contributed by atoms with Crippen LogP contribution in [0, 0.1) is 0 Å². The van der Waals surface area contributed by atoms with Gasteiger partial charge in [-0.15, -0.1) is 0 Å². The number of hydrogen-bond acceptors (Lipinski definition) is 2. The molecule has 0 radical (unpaired) electrons. The van der Waals surface area contributed by atoms with E-state index < -0.39 is 12.3 Å². The average Bonchev–Trinajstić information content (AvgIpc) is 2.44. The van der Waals surface area contributed by atoms with Crippen molar-refractivity contribution in [2.24, 2.45) is 0 Å². The van der Waals surface area contributed by atoms with Crippen LogP contribution in [0.2, 0.25) is 0 Å². The van der Waals surface area contributed by atoms with Crippen LogP contribution in [0.1, 0.15) is 30.9 Å². The summed E-state index contributed by atoms with van der Waals surface area (Å²) in [5.41, 5.74) is 2.73. The summed E-state index contributed by atoms with van der Waals surface area (Å²) in [6.07, 6.45) is 0.508. The lowest BCUT2D eigenvalue weighted by molar-refractivity contribution is -0.122. The molecule has 21 heavy (non-hydrogen) atoms. The van der Waals surface area contributed by atoms with E-state index in [4.69, 9.17) is 0 Å². The molecule has 0 saturated carbocycles. The van der Waals surface area contributed by atoms with Crippen LogP contribution < -0.4 is 5.32 Å². The molecule has 1 heterocycles. The van der Waals surface area contributed by atoms with Crippen molar-refractivity contribution < 1.29 is 13.6 Å². The van der Waals surface area contributed by atoms with Gasteiger partial charge in [0.05, 0.1) is 0 Å². The molecule has 3 nitrogen and oxygen atoms in total. The van der Waals surface area contributed by atoms with Crippen LogP contribution in [-0.2, 0) is 17.8 Å². The van der Waals surface area contributed by atoms with Crippen molar-refractivity contribution in [3.05, 3.63) is 35.4 Å². The van der Waals surface area contributed by atoms with Crippen LogP contribution in [0.3, 0.4) is 0 Å². The van der Waals surface area contributed by atoms with Gasteiger partial charge < -0.3 is 5.32 Å². The number of alkyl halides is 2. The van der Waals surface area contributed by atoms with Crippen molar-refractivity contribution in [1.29, 1.82) is 0 Å². The van der Waals surface area contributed by atoms with Crippen molar-refractivity contribution in [2.75, 3.05) is 19.6 Å². The fraction of sp³-hybridized carbons (Fsp3) is 0.562. The first kappa shape index (κ1) is 15.9. The largest absolute Gasteiger partial charge is 0.355 e. The topological polar surface area (TPSA) is 32.3 Å². The van der Waals surface area contributed by atoms with Gasteiger partial charge in [0.1, 0.15) is 0 Å². The van der Waals surface area contributed by atoms with E-state index in [9.17, 15) is 13.6 Å². The highest BCUT2D eigenvalue weighted by Crippen LogP contribution is 2.19. The van der Waals surface area contributed by atoms with Crippen molar-refractivity contribution in [3.63, 3.8) is 0 Å². The quantitative estimate of drug-likeness (QED) is 0.875. The van der Waals surface area contributed by atoms with Gasteiger partial charge in [0.15, 0.2) is 0 Å². The number of halogens is 2. The van der Waals surface area contributed by atoms with Crippen LogP contribution in [0.4, 0.5) is 8.78 Å². The highest BCUT2D eigenvalue weighted by molar-refractivity contribution is 5.75. The number of rotatable bonds is 6. The molecule has 0 unspecified atom stereocenters. The van der Waals surface area contributed by atoms with E-state index in [1.54, 1.807) is 0 Å². The Morgan fingerprint density at radius 2 is 2.05 bits per heavy atom. The SMILES string of the molecule is CC(F)(F)CCC(=O)NCCN1CCc2ccccc2C1. The van der Waals surface area contributed by atoms with E-state index >= 15 is 0 Å². The molecule has 0 atom stereocenters. The Kier molecular flexibility index (Phi) is 5.28. The molecule has 116 valence electrons. The third-order valence-electron chi connectivity index (χ3n) is 3.75. The molecule has 0 spiro atoms. The molecular weight excluding hydrogens is 274 g/mol. The highest BCUT2D eigenvalue weighted by atomic mass is 19.3. The van der Waals surface area contributed by atoms with Crippen molar-refractivity contribution in [1.82, 2.24) is 10.2 Å². The summed E-state index contributed by atoms with van der Waals surface area (Å²) in [7, 11) is 0. The number of fused-ring (bicyclic) bond motifs is 1. The molecule has 1 amide bonds. The maximum atomic E-state index is 12.6. The molecule has 0 aromatic heterocycles. The predicted molar refractivity (Wildman–Crippen MR) is 78.3 cm³/mol. The molecular formula is C16H22F2N2O. The molecule has 0 fully saturated rings. The fourth-order valence-electron chi connectivity index (χ4n) is 2.52. The second-order valence-electron chi connectivity index (χ2n) is 5.72. The summed E-state index contributed by atoms with van der Waals surface area (Å²) < 4.78 is 25.3. The predicted octanol–water partition coefficient (Wildman–Crippen LogP) is 2.60. The minimum atomic E-state index is -2.77. The number of carbonyl (C=O) groups excluding carboxylic acids is 1. The zero-order valence-corrected chi connectivity index (χ0v) is 12.4. The van der Waals surface area contributed by atoms with E-state index in [1.807, 2.05) is 6.07 Å². The van der Waals surface area contributed by atoms with E-state index in [0.29, 0.717) is 6.54 Å². The Morgan fingerprint density at radius 3 is 2.76 bits per heavy atom. The molecule has 0 aliphatic carbocycles. The fourth-order valence-corrected chi connectivity index (χ4v) is 2.52. The van der Waals surface area contributed by atoms with E-state index in [1.165, 1.54) is 11.1 Å². The lowest BCUT2D eigenvalue weighted by Gasteiger charge is -2.28. The van der Waals surface area contributed by atoms with Gasteiger partial charge >= 0.3 is 0 Å². The van der Waals surface area contributed by atoms with Gasteiger partial charge in [-0.25, -0.2) is 8.78 Å². The number of benzene rings is 1. The van der Waals surface area contributed by atoms with Crippen molar-refractivity contribution in [2.45, 2.75) is 38.7 Å². The molecule has 1 N–H and O–H groups in total. The molecule has 5 heteroatoms. The normalized spacial score (nSPS) is 15.6. The Balaban J connectivity index is 1.67. The van der Waals surface area contributed by atoms with Gasteiger partial charge in [0.2, 0.25) is 11.8 Å². The standard InChI is InChI=1S/C16H22F2N2O/c1-16(17,18)8-6-15(21)19-9-11-20-10-7-13-4-2-3-5-14(13)12-20/h2-5H,6-12H2,1H3,(H,19,21). The molecule has 2 rings (SSSR count). The Morgan fingerprint density at radius 1 is 1.33 bits per heavy atom. The molecule has 1 aromatic rings. The van der Waals surface area contributed by atoms with Gasteiger partial charge in [0, 0.05) is 39.0 Å². The lowest BCUT2D eigenvalue weighted by atomic mass is 10.00. The number of hydrogen-bond donors (Lipinski definition) is 1. The molecule has 1 aliphatic rings. The van der Waals surface area contributed by atoms with Gasteiger partial charge in [-0.3, -0.25) is 9.69 Å². The van der Waals surface area contributed by atoms with Gasteiger partial charge in [-0.2, -0.15) is 0 Å². The van der Waals surface area contributed by atoms with Gasteiger partial charge in [-0.1, -0.05) is 24.3 Å². The first-order valence-electron chi connectivity index (χ1n) is 7.38. The zero-order chi connectivity index (χ0) is 15.3. The summed E-state index contributed by atoms with van der Waals surface area (Å²) in [6.45, 7) is 3.96. The van der Waals surface area contributed by atoms with E-state index in [2.05, 4.69) is 28.4 Å². The summed E-state index contributed by atoms with van der Waals surface area (Å²) >= 11 is 0. The summed E-state index contributed by atoms with van der Waals surface area (Å²) in [6, 6.07) is 8.37. The maximum Gasteiger partial charge on any atom is 0.245 e. The smallest absolute Gasteiger partial charge is 0.245 e. The molecule has 0 bridgehead atoms. The minimum absolute atomic E-state index is 0.119. The molecule has 0 saturated heterocycles. The van der Waals surface area contributed by atoms with Gasteiger partial charge in [-0.05, 0) is 24.5 Å². The van der Waals surface area contributed by atoms with Crippen LogP contribution >= 0.6 is 0 Å². The molecule has 1 aromatic carbocycles. The Labute approximate surface area is 124 Å². The second kappa shape index (κ2) is 6.98. The number of nitrogens with one attached hydrogen (secondary N) is 1. The first-order chi connectivity index (χ1) is 9.94. The summed E-state index contributed by atoms with van der Waals surface area (Å²) in [5.74, 6) is -3.07.